The molecule has 2 aromatic rings. The number of rotatable bonds is 6. The summed E-state index contributed by atoms with van der Waals surface area (Å²) in [7, 11) is 0. The van der Waals surface area contributed by atoms with Gasteiger partial charge in [-0.15, -0.1) is 0 Å². The maximum absolute atomic E-state index is 11.1. The zero-order chi connectivity index (χ0) is 15.2. The van der Waals surface area contributed by atoms with Gasteiger partial charge in [0.1, 0.15) is 17.9 Å². The van der Waals surface area contributed by atoms with Crippen LogP contribution in [0.5, 0.6) is 5.75 Å². The van der Waals surface area contributed by atoms with Gasteiger partial charge in [0.15, 0.2) is 0 Å². The number of aryl methyl sites for hydroxylation is 1. The molecule has 0 aliphatic heterocycles. The van der Waals surface area contributed by atoms with Gasteiger partial charge in [-0.25, -0.2) is 4.79 Å². The molecule has 0 radical (unpaired) electrons. The van der Waals surface area contributed by atoms with Crippen molar-refractivity contribution in [3.63, 3.8) is 0 Å². The van der Waals surface area contributed by atoms with E-state index in [0.717, 1.165) is 15.7 Å². The Bertz CT molecular complexity index is 623. The molecule has 2 N–H and O–H groups in total. The molecule has 2 rings (SSSR count). The number of halogens is 1. The SMILES string of the molecule is Cc1cc(Br)cc(NCCOc2ccccc2C(=O)O)c1. The van der Waals surface area contributed by atoms with Crippen LogP contribution in [0.1, 0.15) is 15.9 Å². The number of aromatic carboxylic acids is 1. The van der Waals surface area contributed by atoms with E-state index in [9.17, 15) is 4.79 Å². The van der Waals surface area contributed by atoms with Gasteiger partial charge >= 0.3 is 5.97 Å². The number of benzene rings is 2. The molecule has 21 heavy (non-hydrogen) atoms. The van der Waals surface area contributed by atoms with Gasteiger partial charge in [-0.3, -0.25) is 0 Å². The minimum atomic E-state index is -0.985. The van der Waals surface area contributed by atoms with Crippen LogP contribution in [0.15, 0.2) is 46.9 Å². The molecule has 0 aromatic heterocycles. The van der Waals surface area contributed by atoms with Crippen molar-refractivity contribution in [1.82, 2.24) is 0 Å². The third kappa shape index (κ3) is 4.49. The number of hydrogen-bond acceptors (Lipinski definition) is 3. The van der Waals surface area contributed by atoms with E-state index in [-0.39, 0.29) is 5.56 Å². The van der Waals surface area contributed by atoms with Crippen LogP contribution in [0.2, 0.25) is 0 Å². The van der Waals surface area contributed by atoms with Crippen LogP contribution >= 0.6 is 15.9 Å². The molecule has 0 saturated carbocycles. The van der Waals surface area contributed by atoms with E-state index in [0.29, 0.717) is 18.9 Å². The van der Waals surface area contributed by atoms with Gasteiger partial charge in [0.05, 0.1) is 0 Å². The zero-order valence-corrected chi connectivity index (χ0v) is 13.2. The molecule has 0 heterocycles. The molecular formula is C16H16BrNO3. The maximum Gasteiger partial charge on any atom is 0.339 e. The second-order valence-electron chi connectivity index (χ2n) is 4.59. The van der Waals surface area contributed by atoms with Crippen LogP contribution in [0.25, 0.3) is 0 Å². The van der Waals surface area contributed by atoms with Crippen molar-refractivity contribution in [2.75, 3.05) is 18.5 Å². The summed E-state index contributed by atoms with van der Waals surface area (Å²) in [6.45, 7) is 3.00. The fraction of sp³-hybridized carbons (Fsp3) is 0.188. The highest BCUT2D eigenvalue weighted by Crippen LogP contribution is 2.19. The average Bonchev–Trinajstić information content (AvgIpc) is 2.43. The van der Waals surface area contributed by atoms with Gasteiger partial charge in [-0.1, -0.05) is 28.1 Å². The van der Waals surface area contributed by atoms with E-state index in [1.54, 1.807) is 18.2 Å². The van der Waals surface area contributed by atoms with Crippen LogP contribution in [-0.4, -0.2) is 24.2 Å². The summed E-state index contributed by atoms with van der Waals surface area (Å²) in [5.41, 5.74) is 2.33. The van der Waals surface area contributed by atoms with E-state index in [1.165, 1.54) is 6.07 Å². The van der Waals surface area contributed by atoms with E-state index >= 15 is 0 Å². The van der Waals surface area contributed by atoms with Crippen LogP contribution in [0, 0.1) is 6.92 Å². The summed E-state index contributed by atoms with van der Waals surface area (Å²) >= 11 is 3.45. The quantitative estimate of drug-likeness (QED) is 0.775. The Labute approximate surface area is 131 Å². The number of carbonyl (C=O) groups is 1. The summed E-state index contributed by atoms with van der Waals surface area (Å²) in [5.74, 6) is -0.599. The Hall–Kier alpha value is -2.01. The fourth-order valence-corrected chi connectivity index (χ4v) is 2.57. The molecule has 110 valence electrons. The maximum atomic E-state index is 11.1. The van der Waals surface area contributed by atoms with E-state index in [1.807, 2.05) is 25.1 Å². The highest BCUT2D eigenvalue weighted by atomic mass is 79.9. The number of carboxylic acid groups (broad SMARTS) is 1. The Morgan fingerprint density at radius 3 is 2.76 bits per heavy atom. The van der Waals surface area contributed by atoms with Gasteiger partial charge in [-0.05, 0) is 42.8 Å². The molecule has 4 nitrogen and oxygen atoms in total. The Morgan fingerprint density at radius 2 is 2.05 bits per heavy atom. The van der Waals surface area contributed by atoms with Gasteiger partial charge < -0.3 is 15.2 Å². The van der Waals surface area contributed by atoms with E-state index < -0.39 is 5.97 Å². The molecule has 0 fully saturated rings. The highest BCUT2D eigenvalue weighted by molar-refractivity contribution is 9.10. The third-order valence-corrected chi connectivity index (χ3v) is 3.31. The van der Waals surface area contributed by atoms with Crippen molar-refractivity contribution in [2.45, 2.75) is 6.92 Å². The second kappa shape index (κ2) is 7.13. The molecule has 0 bridgehead atoms. The topological polar surface area (TPSA) is 58.6 Å². The number of ether oxygens (including phenoxy) is 1. The van der Waals surface area contributed by atoms with Crippen molar-refractivity contribution in [3.05, 3.63) is 58.1 Å². The minimum Gasteiger partial charge on any atom is -0.491 e. The smallest absolute Gasteiger partial charge is 0.339 e. The molecule has 0 aliphatic carbocycles. The molecule has 0 atom stereocenters. The molecule has 2 aromatic carbocycles. The number of carboxylic acids is 1. The predicted molar refractivity (Wildman–Crippen MR) is 86.3 cm³/mol. The summed E-state index contributed by atoms with van der Waals surface area (Å²) in [5, 5.41) is 12.3. The first kappa shape index (κ1) is 15.4. The normalized spacial score (nSPS) is 10.2. The van der Waals surface area contributed by atoms with Crippen LogP contribution in [-0.2, 0) is 0 Å². The summed E-state index contributed by atoms with van der Waals surface area (Å²) < 4.78 is 6.54. The van der Waals surface area contributed by atoms with Gasteiger partial charge in [0.25, 0.3) is 0 Å². The first-order valence-electron chi connectivity index (χ1n) is 6.52. The Balaban J connectivity index is 1.89. The lowest BCUT2D eigenvalue weighted by atomic mass is 10.2. The minimum absolute atomic E-state index is 0.177. The highest BCUT2D eigenvalue weighted by Gasteiger charge is 2.09. The van der Waals surface area contributed by atoms with Crippen LogP contribution in [0.4, 0.5) is 5.69 Å². The number of nitrogens with one attached hydrogen (secondary N) is 1. The predicted octanol–water partition coefficient (Wildman–Crippen LogP) is 3.95. The zero-order valence-electron chi connectivity index (χ0n) is 11.6. The van der Waals surface area contributed by atoms with Gasteiger partial charge in [0.2, 0.25) is 0 Å². The fourth-order valence-electron chi connectivity index (χ4n) is 1.96. The number of para-hydroxylation sites is 1. The van der Waals surface area contributed by atoms with Crippen LogP contribution in [0.3, 0.4) is 0 Å². The van der Waals surface area contributed by atoms with Gasteiger partial charge in [-0.2, -0.15) is 0 Å². The van der Waals surface area contributed by atoms with E-state index in [2.05, 4.69) is 21.2 Å². The average molecular weight is 350 g/mol. The first-order valence-corrected chi connectivity index (χ1v) is 7.32. The van der Waals surface area contributed by atoms with Crippen LogP contribution < -0.4 is 10.1 Å². The summed E-state index contributed by atoms with van der Waals surface area (Å²) in [6.07, 6.45) is 0. The first-order chi connectivity index (χ1) is 10.1. The molecule has 5 heteroatoms. The summed E-state index contributed by atoms with van der Waals surface area (Å²) in [6, 6.07) is 12.7. The standard InChI is InChI=1S/C16H16BrNO3/c1-11-8-12(17)10-13(9-11)18-6-7-21-15-5-3-2-4-14(15)16(19)20/h2-5,8-10,18H,6-7H2,1H3,(H,19,20). The lowest BCUT2D eigenvalue weighted by molar-refractivity contribution is 0.0692. The monoisotopic (exact) mass is 349 g/mol. The summed E-state index contributed by atoms with van der Waals surface area (Å²) in [4.78, 5) is 11.1. The van der Waals surface area contributed by atoms with Crippen molar-refractivity contribution in [2.24, 2.45) is 0 Å². The lowest BCUT2D eigenvalue weighted by Gasteiger charge is -2.11. The second-order valence-corrected chi connectivity index (χ2v) is 5.51. The van der Waals surface area contributed by atoms with E-state index in [4.69, 9.17) is 9.84 Å². The molecule has 0 spiro atoms. The molecule has 0 saturated heterocycles. The largest absolute Gasteiger partial charge is 0.491 e. The van der Waals surface area contributed by atoms with Gasteiger partial charge in [0, 0.05) is 16.7 Å². The third-order valence-electron chi connectivity index (χ3n) is 2.85. The Morgan fingerprint density at radius 1 is 1.29 bits per heavy atom. The van der Waals surface area contributed by atoms with Crippen molar-refractivity contribution < 1.29 is 14.6 Å². The van der Waals surface area contributed by atoms with Crippen molar-refractivity contribution in [3.8, 4) is 5.75 Å². The molecule has 0 unspecified atom stereocenters. The Kier molecular flexibility index (Phi) is 5.22. The lowest BCUT2D eigenvalue weighted by Crippen LogP contribution is -2.13. The number of anilines is 1. The number of hydrogen-bond donors (Lipinski definition) is 2. The molecule has 0 aliphatic rings. The molecular weight excluding hydrogens is 334 g/mol. The van der Waals surface area contributed by atoms with Crippen molar-refractivity contribution in [1.29, 1.82) is 0 Å². The molecule has 0 amide bonds. The van der Waals surface area contributed by atoms with Crippen molar-refractivity contribution >= 4 is 27.6 Å².